The molecule has 0 unspecified atom stereocenters. The first kappa shape index (κ1) is 20.5. The number of amides is 1. The lowest BCUT2D eigenvalue weighted by atomic mass is 9.93. The van der Waals surface area contributed by atoms with Crippen LogP contribution in [0.25, 0.3) is 10.9 Å². The zero-order chi connectivity index (χ0) is 22.5. The number of nitrogens with zero attached hydrogens (tertiary/aromatic N) is 6. The maximum Gasteiger partial charge on any atom is 0.408 e. The Morgan fingerprint density at radius 1 is 1.00 bits per heavy atom. The molecular formula is C24H28N6O2. The molecule has 0 spiro atoms. The summed E-state index contributed by atoms with van der Waals surface area (Å²) in [4.78, 5) is 31.8. The first-order valence-corrected chi connectivity index (χ1v) is 11.0. The fourth-order valence-corrected chi connectivity index (χ4v) is 4.73. The van der Waals surface area contributed by atoms with Gasteiger partial charge in [0.05, 0.1) is 17.3 Å². The van der Waals surface area contributed by atoms with Crippen LogP contribution in [-0.4, -0.2) is 68.8 Å². The molecule has 166 valence electrons. The number of hydrogen-bond acceptors (Lipinski definition) is 6. The number of pyridine rings is 1. The molecule has 2 fully saturated rings. The van der Waals surface area contributed by atoms with Crippen LogP contribution in [-0.2, 0) is 0 Å². The fraction of sp³-hybridized carbons (Fsp3) is 0.417. The van der Waals surface area contributed by atoms with Gasteiger partial charge in [-0.3, -0.25) is 9.88 Å². The molecule has 3 aromatic rings. The summed E-state index contributed by atoms with van der Waals surface area (Å²) in [6.45, 7) is 8.76. The molecular weight excluding hydrogens is 404 g/mol. The highest BCUT2D eigenvalue weighted by molar-refractivity contribution is 5.80. The fourth-order valence-electron chi connectivity index (χ4n) is 4.73. The van der Waals surface area contributed by atoms with Crippen LogP contribution < -0.4 is 9.80 Å². The highest BCUT2D eigenvalue weighted by Crippen LogP contribution is 2.36. The van der Waals surface area contributed by atoms with Crippen molar-refractivity contribution in [2.75, 3.05) is 36.0 Å². The SMILES string of the molecule is CC(C)(C)N(C(=O)O)C1CN(c2nccnc2C2CN(c3ccc4ccccc4n3)C2)C1. The summed E-state index contributed by atoms with van der Waals surface area (Å²) >= 11 is 0. The molecule has 8 heteroatoms. The van der Waals surface area contributed by atoms with Crippen molar-refractivity contribution >= 4 is 28.6 Å². The topological polar surface area (TPSA) is 85.7 Å². The molecule has 5 rings (SSSR count). The van der Waals surface area contributed by atoms with Crippen molar-refractivity contribution < 1.29 is 9.90 Å². The standard InChI is InChI=1S/C24H28N6O2/c1-24(2,3)30(23(31)32)18-14-29(15-18)22-21(25-10-11-26-22)17-12-28(13-17)20-9-8-16-6-4-5-7-19(16)27-20/h4-11,17-18H,12-15H2,1-3H3,(H,31,32). The van der Waals surface area contributed by atoms with Gasteiger partial charge in [-0.05, 0) is 39.0 Å². The molecule has 8 nitrogen and oxygen atoms in total. The van der Waals surface area contributed by atoms with Gasteiger partial charge in [0.15, 0.2) is 5.82 Å². The van der Waals surface area contributed by atoms with Crippen LogP contribution in [0.1, 0.15) is 32.4 Å². The van der Waals surface area contributed by atoms with Crippen molar-refractivity contribution in [3.05, 3.63) is 54.5 Å². The summed E-state index contributed by atoms with van der Waals surface area (Å²) in [7, 11) is 0. The minimum atomic E-state index is -0.876. The van der Waals surface area contributed by atoms with Gasteiger partial charge in [0.1, 0.15) is 5.82 Å². The quantitative estimate of drug-likeness (QED) is 0.674. The summed E-state index contributed by atoms with van der Waals surface area (Å²) < 4.78 is 0. The van der Waals surface area contributed by atoms with E-state index < -0.39 is 11.6 Å². The molecule has 32 heavy (non-hydrogen) atoms. The average molecular weight is 433 g/mol. The van der Waals surface area contributed by atoms with Crippen molar-refractivity contribution in [2.24, 2.45) is 0 Å². The molecule has 1 amide bonds. The number of para-hydroxylation sites is 1. The number of carbonyl (C=O) groups is 1. The Bertz CT molecular complexity index is 1150. The number of aromatic nitrogens is 3. The highest BCUT2D eigenvalue weighted by atomic mass is 16.4. The molecule has 1 aromatic carbocycles. The van der Waals surface area contributed by atoms with E-state index in [1.165, 1.54) is 0 Å². The lowest BCUT2D eigenvalue weighted by molar-refractivity contribution is 0.0600. The van der Waals surface area contributed by atoms with Crippen LogP contribution in [0.2, 0.25) is 0 Å². The third kappa shape index (κ3) is 3.59. The molecule has 0 aliphatic carbocycles. The largest absolute Gasteiger partial charge is 0.465 e. The van der Waals surface area contributed by atoms with Crippen LogP contribution in [0.5, 0.6) is 0 Å². The summed E-state index contributed by atoms with van der Waals surface area (Å²) in [6, 6.07) is 12.3. The number of hydrogen-bond donors (Lipinski definition) is 1. The first-order valence-electron chi connectivity index (χ1n) is 11.0. The molecule has 4 heterocycles. The second kappa shape index (κ2) is 7.62. The normalized spacial score (nSPS) is 17.2. The molecule has 0 atom stereocenters. The van der Waals surface area contributed by atoms with Crippen LogP contribution in [0, 0.1) is 0 Å². The van der Waals surface area contributed by atoms with E-state index in [0.29, 0.717) is 13.1 Å². The lowest BCUT2D eigenvalue weighted by Gasteiger charge is -2.50. The molecule has 1 N–H and O–H groups in total. The number of carboxylic acid groups (broad SMARTS) is 1. The predicted molar refractivity (Wildman–Crippen MR) is 124 cm³/mol. The zero-order valence-corrected chi connectivity index (χ0v) is 18.6. The Hall–Kier alpha value is -3.42. The van der Waals surface area contributed by atoms with E-state index in [0.717, 1.165) is 41.3 Å². The lowest BCUT2D eigenvalue weighted by Crippen LogP contribution is -2.65. The van der Waals surface area contributed by atoms with E-state index in [4.69, 9.17) is 4.98 Å². The summed E-state index contributed by atoms with van der Waals surface area (Å²) in [6.07, 6.45) is 2.58. The second-order valence-electron chi connectivity index (χ2n) is 9.61. The van der Waals surface area contributed by atoms with Gasteiger partial charge in [0.2, 0.25) is 0 Å². The minimum Gasteiger partial charge on any atom is -0.465 e. The second-order valence-corrected chi connectivity index (χ2v) is 9.61. The van der Waals surface area contributed by atoms with Crippen LogP contribution in [0.15, 0.2) is 48.8 Å². The molecule has 0 bridgehead atoms. The third-order valence-corrected chi connectivity index (χ3v) is 6.34. The minimum absolute atomic E-state index is 0.0398. The maximum atomic E-state index is 11.8. The number of benzene rings is 1. The Kier molecular flexibility index (Phi) is 4.87. The van der Waals surface area contributed by atoms with Gasteiger partial charge in [0.25, 0.3) is 0 Å². The summed E-state index contributed by atoms with van der Waals surface area (Å²) in [5, 5.41) is 10.8. The van der Waals surface area contributed by atoms with Crippen LogP contribution >= 0.6 is 0 Å². The highest BCUT2D eigenvalue weighted by Gasteiger charge is 2.42. The smallest absolute Gasteiger partial charge is 0.408 e. The molecule has 2 saturated heterocycles. The third-order valence-electron chi connectivity index (χ3n) is 6.34. The predicted octanol–water partition coefficient (Wildman–Crippen LogP) is 3.60. The van der Waals surface area contributed by atoms with Gasteiger partial charge in [-0.15, -0.1) is 0 Å². The van der Waals surface area contributed by atoms with Crippen molar-refractivity contribution in [1.82, 2.24) is 19.9 Å². The van der Waals surface area contributed by atoms with Gasteiger partial charge in [0, 0.05) is 55.4 Å². The molecule has 2 aliphatic rings. The Morgan fingerprint density at radius 3 is 2.44 bits per heavy atom. The first-order chi connectivity index (χ1) is 15.3. The van der Waals surface area contributed by atoms with E-state index in [1.54, 1.807) is 17.3 Å². The van der Waals surface area contributed by atoms with E-state index >= 15 is 0 Å². The number of fused-ring (bicyclic) bond motifs is 1. The van der Waals surface area contributed by atoms with Crippen LogP contribution in [0.4, 0.5) is 16.4 Å². The Labute approximate surface area is 187 Å². The van der Waals surface area contributed by atoms with Gasteiger partial charge >= 0.3 is 6.09 Å². The van der Waals surface area contributed by atoms with E-state index in [1.807, 2.05) is 39.0 Å². The van der Waals surface area contributed by atoms with Crippen molar-refractivity contribution in [3.8, 4) is 0 Å². The van der Waals surface area contributed by atoms with E-state index in [-0.39, 0.29) is 12.0 Å². The van der Waals surface area contributed by atoms with Gasteiger partial charge in [-0.25, -0.2) is 14.8 Å². The van der Waals surface area contributed by atoms with Crippen LogP contribution in [0.3, 0.4) is 0 Å². The number of rotatable bonds is 4. The maximum absolute atomic E-state index is 11.8. The molecule has 2 aromatic heterocycles. The Balaban J connectivity index is 1.28. The zero-order valence-electron chi connectivity index (χ0n) is 18.6. The number of anilines is 2. The van der Waals surface area contributed by atoms with Gasteiger partial charge < -0.3 is 14.9 Å². The van der Waals surface area contributed by atoms with E-state index in [2.05, 4.69) is 38.0 Å². The monoisotopic (exact) mass is 432 g/mol. The average Bonchev–Trinajstić information content (AvgIpc) is 2.68. The summed E-state index contributed by atoms with van der Waals surface area (Å²) in [5.41, 5.74) is 1.55. The van der Waals surface area contributed by atoms with Crippen molar-refractivity contribution in [1.29, 1.82) is 0 Å². The molecule has 0 radical (unpaired) electrons. The van der Waals surface area contributed by atoms with Gasteiger partial charge in [-0.1, -0.05) is 18.2 Å². The summed E-state index contributed by atoms with van der Waals surface area (Å²) in [5.74, 6) is 2.14. The van der Waals surface area contributed by atoms with Crippen molar-refractivity contribution in [3.63, 3.8) is 0 Å². The van der Waals surface area contributed by atoms with Crippen molar-refractivity contribution in [2.45, 2.75) is 38.3 Å². The molecule has 0 saturated carbocycles. The van der Waals surface area contributed by atoms with E-state index in [9.17, 15) is 9.90 Å². The van der Waals surface area contributed by atoms with Gasteiger partial charge in [-0.2, -0.15) is 0 Å². The molecule has 2 aliphatic heterocycles. The Morgan fingerprint density at radius 2 is 1.72 bits per heavy atom.